The number of ether oxygens (including phenoxy) is 2. The van der Waals surface area contributed by atoms with Crippen LogP contribution in [-0.2, 0) is 11.2 Å². The number of halogens is 1. The van der Waals surface area contributed by atoms with Gasteiger partial charge in [-0.25, -0.2) is 14.2 Å². The highest BCUT2D eigenvalue weighted by atomic mass is 19.1. The van der Waals surface area contributed by atoms with E-state index >= 15 is 0 Å². The second-order valence-corrected chi connectivity index (χ2v) is 6.46. The number of hydrogen-bond donors (Lipinski definition) is 1. The third-order valence-corrected chi connectivity index (χ3v) is 4.67. The Bertz CT molecular complexity index is 1200. The Morgan fingerprint density at radius 3 is 2.76 bits per heavy atom. The number of rotatable bonds is 5. The molecule has 4 aromatic rings. The number of nitrogens with one attached hydrogen (secondary N) is 1. The summed E-state index contributed by atoms with van der Waals surface area (Å²) in [6.07, 6.45) is 3.20. The molecular formula is C22H18FN3O3. The first-order chi connectivity index (χ1) is 14.1. The Hall–Kier alpha value is -3.74. The lowest BCUT2D eigenvalue weighted by Crippen LogP contribution is -2.06. The molecule has 29 heavy (non-hydrogen) atoms. The number of aromatic nitrogens is 3. The van der Waals surface area contributed by atoms with Gasteiger partial charge < -0.3 is 14.5 Å². The monoisotopic (exact) mass is 391 g/mol. The molecule has 0 aliphatic heterocycles. The molecule has 0 spiro atoms. The minimum atomic E-state index is -0.495. The number of aromatic amines is 1. The quantitative estimate of drug-likeness (QED) is 0.517. The van der Waals surface area contributed by atoms with E-state index in [-0.39, 0.29) is 5.69 Å². The van der Waals surface area contributed by atoms with Gasteiger partial charge in [0, 0.05) is 40.8 Å². The van der Waals surface area contributed by atoms with Gasteiger partial charge in [-0.05, 0) is 35.9 Å². The summed E-state index contributed by atoms with van der Waals surface area (Å²) in [5.41, 5.74) is 4.06. The molecular weight excluding hydrogens is 373 g/mol. The number of nitrogens with zero attached hydrogens (tertiary/aromatic N) is 2. The normalized spacial score (nSPS) is 10.9. The molecule has 0 fully saturated rings. The van der Waals surface area contributed by atoms with Crippen LogP contribution in [0.1, 0.15) is 21.7 Å². The van der Waals surface area contributed by atoms with Crippen molar-refractivity contribution in [2.24, 2.45) is 0 Å². The molecule has 1 aromatic carbocycles. The summed E-state index contributed by atoms with van der Waals surface area (Å²) < 4.78 is 23.9. The van der Waals surface area contributed by atoms with E-state index in [2.05, 4.69) is 15.0 Å². The molecule has 0 bridgehead atoms. The minimum Gasteiger partial charge on any atom is -0.497 e. The average Bonchev–Trinajstić information content (AvgIpc) is 3.10. The van der Waals surface area contributed by atoms with Crippen molar-refractivity contribution in [1.82, 2.24) is 15.0 Å². The van der Waals surface area contributed by atoms with E-state index in [1.54, 1.807) is 25.4 Å². The Labute approximate surface area is 166 Å². The third-order valence-electron chi connectivity index (χ3n) is 4.67. The van der Waals surface area contributed by atoms with E-state index in [9.17, 15) is 9.18 Å². The first kappa shape index (κ1) is 18.6. The second kappa shape index (κ2) is 7.71. The van der Waals surface area contributed by atoms with Gasteiger partial charge in [-0.1, -0.05) is 6.07 Å². The Morgan fingerprint density at radius 1 is 1.14 bits per heavy atom. The van der Waals surface area contributed by atoms with Crippen LogP contribution in [-0.4, -0.2) is 35.1 Å². The number of esters is 1. The number of carbonyl (C=O) groups is 1. The van der Waals surface area contributed by atoms with Crippen molar-refractivity contribution in [2.45, 2.75) is 6.42 Å². The van der Waals surface area contributed by atoms with Crippen LogP contribution in [0, 0.1) is 5.82 Å². The number of pyridine rings is 2. The molecule has 0 saturated heterocycles. The van der Waals surface area contributed by atoms with E-state index in [1.165, 1.54) is 13.2 Å². The number of fused-ring (bicyclic) bond motifs is 1. The molecule has 6 nitrogen and oxygen atoms in total. The fourth-order valence-electron chi connectivity index (χ4n) is 3.32. The number of H-pyrrole nitrogens is 1. The molecule has 4 rings (SSSR count). The van der Waals surface area contributed by atoms with Crippen LogP contribution in [0.25, 0.3) is 22.2 Å². The van der Waals surface area contributed by atoms with Crippen LogP contribution in [0.15, 0.2) is 54.9 Å². The van der Waals surface area contributed by atoms with Crippen molar-refractivity contribution >= 4 is 16.9 Å². The van der Waals surface area contributed by atoms with E-state index in [4.69, 9.17) is 9.47 Å². The lowest BCUT2D eigenvalue weighted by atomic mass is 10.0. The standard InChI is InChI=1S/C22H18FN3O3/c1-28-16-6-7-17-18(9-15-4-3-5-19(25-15)22(27)29-2)21(26-20(17)10-16)13-8-14(23)12-24-11-13/h3-8,10-12,26H,9H2,1-2H3. The van der Waals surface area contributed by atoms with E-state index in [0.717, 1.165) is 28.4 Å². The zero-order valence-electron chi connectivity index (χ0n) is 15.9. The van der Waals surface area contributed by atoms with Crippen molar-refractivity contribution < 1.29 is 18.7 Å². The summed E-state index contributed by atoms with van der Waals surface area (Å²) in [5, 5.41) is 0.954. The maximum Gasteiger partial charge on any atom is 0.356 e. The Kier molecular flexibility index (Phi) is 4.95. The van der Waals surface area contributed by atoms with Crippen molar-refractivity contribution in [1.29, 1.82) is 0 Å². The molecule has 0 unspecified atom stereocenters. The largest absolute Gasteiger partial charge is 0.497 e. The molecule has 0 aliphatic carbocycles. The van der Waals surface area contributed by atoms with Crippen molar-refractivity contribution in [3.05, 3.63) is 77.6 Å². The molecule has 0 radical (unpaired) electrons. The average molecular weight is 391 g/mol. The number of benzene rings is 1. The van der Waals surface area contributed by atoms with Gasteiger partial charge in [-0.2, -0.15) is 0 Å². The second-order valence-electron chi connectivity index (χ2n) is 6.46. The zero-order valence-corrected chi connectivity index (χ0v) is 15.9. The number of carbonyl (C=O) groups excluding carboxylic acids is 1. The van der Waals surface area contributed by atoms with Crippen molar-refractivity contribution in [2.75, 3.05) is 14.2 Å². The molecule has 1 N–H and O–H groups in total. The van der Waals surface area contributed by atoms with Gasteiger partial charge in [0.1, 0.15) is 17.3 Å². The van der Waals surface area contributed by atoms with Gasteiger partial charge in [0.2, 0.25) is 0 Å². The Morgan fingerprint density at radius 2 is 2.00 bits per heavy atom. The van der Waals surface area contributed by atoms with Gasteiger partial charge in [-0.3, -0.25) is 4.98 Å². The van der Waals surface area contributed by atoms with Crippen LogP contribution in [0.4, 0.5) is 4.39 Å². The summed E-state index contributed by atoms with van der Waals surface area (Å²) >= 11 is 0. The van der Waals surface area contributed by atoms with E-state index in [0.29, 0.717) is 23.4 Å². The van der Waals surface area contributed by atoms with Gasteiger partial charge in [0.05, 0.1) is 26.1 Å². The molecule has 7 heteroatoms. The summed E-state index contributed by atoms with van der Waals surface area (Å²) in [7, 11) is 2.92. The number of methoxy groups -OCH3 is 2. The molecule has 0 saturated carbocycles. The predicted molar refractivity (Wildman–Crippen MR) is 106 cm³/mol. The summed E-state index contributed by atoms with van der Waals surface area (Å²) in [6, 6.07) is 12.3. The molecule has 3 heterocycles. The Balaban J connectivity index is 1.86. The highest BCUT2D eigenvalue weighted by Gasteiger charge is 2.17. The van der Waals surface area contributed by atoms with Gasteiger partial charge in [-0.15, -0.1) is 0 Å². The summed E-state index contributed by atoms with van der Waals surface area (Å²) in [4.78, 5) is 23.5. The first-order valence-corrected chi connectivity index (χ1v) is 8.93. The van der Waals surface area contributed by atoms with E-state index < -0.39 is 11.8 Å². The van der Waals surface area contributed by atoms with Crippen LogP contribution in [0.2, 0.25) is 0 Å². The van der Waals surface area contributed by atoms with Crippen LogP contribution in [0.3, 0.4) is 0 Å². The lowest BCUT2D eigenvalue weighted by molar-refractivity contribution is 0.0593. The molecule has 0 atom stereocenters. The minimum absolute atomic E-state index is 0.237. The molecule has 3 aromatic heterocycles. The van der Waals surface area contributed by atoms with Gasteiger partial charge in [0.25, 0.3) is 0 Å². The zero-order chi connectivity index (χ0) is 20.4. The topological polar surface area (TPSA) is 77.1 Å². The first-order valence-electron chi connectivity index (χ1n) is 8.93. The maximum atomic E-state index is 13.8. The van der Waals surface area contributed by atoms with Crippen molar-refractivity contribution in [3.63, 3.8) is 0 Å². The lowest BCUT2D eigenvalue weighted by Gasteiger charge is -2.07. The van der Waals surface area contributed by atoms with Crippen LogP contribution < -0.4 is 4.74 Å². The molecule has 0 aliphatic rings. The van der Waals surface area contributed by atoms with E-state index in [1.807, 2.05) is 24.3 Å². The number of hydrogen-bond acceptors (Lipinski definition) is 5. The fourth-order valence-corrected chi connectivity index (χ4v) is 3.32. The van der Waals surface area contributed by atoms with Gasteiger partial charge in [0.15, 0.2) is 0 Å². The molecule has 0 amide bonds. The van der Waals surface area contributed by atoms with Gasteiger partial charge >= 0.3 is 5.97 Å². The van der Waals surface area contributed by atoms with Crippen molar-refractivity contribution in [3.8, 4) is 17.0 Å². The summed E-state index contributed by atoms with van der Waals surface area (Å²) in [6.45, 7) is 0. The maximum absolute atomic E-state index is 13.8. The van der Waals surface area contributed by atoms with Crippen LogP contribution in [0.5, 0.6) is 5.75 Å². The third kappa shape index (κ3) is 3.67. The summed E-state index contributed by atoms with van der Waals surface area (Å²) in [5.74, 6) is -0.208. The molecule has 146 valence electrons. The van der Waals surface area contributed by atoms with Crippen LogP contribution >= 0.6 is 0 Å². The fraction of sp³-hybridized carbons (Fsp3) is 0.136. The highest BCUT2D eigenvalue weighted by molar-refractivity contribution is 5.92. The smallest absolute Gasteiger partial charge is 0.356 e. The SMILES string of the molecule is COC(=O)c1cccc(Cc2c(-c3cncc(F)c3)[nH]c3cc(OC)ccc23)n1. The predicted octanol–water partition coefficient (Wildman–Crippen LogP) is 4.15. The highest BCUT2D eigenvalue weighted by Crippen LogP contribution is 2.33.